The molecule has 0 aromatic heterocycles. The highest BCUT2D eigenvalue weighted by Gasteiger charge is 2.13. The summed E-state index contributed by atoms with van der Waals surface area (Å²) in [5.41, 5.74) is 6.96. The van der Waals surface area contributed by atoms with E-state index in [1.807, 2.05) is 6.92 Å². The number of carboxylic acids is 1. The standard InChI is InChI=1S/C14H12ClNO3/c1-8-6-9(15)2-5-12(8)19-13-7-10(16)3-4-11(13)14(17)18/h2-7H,16H2,1H3,(H,17,18). The smallest absolute Gasteiger partial charge is 0.339 e. The molecule has 19 heavy (non-hydrogen) atoms. The van der Waals surface area contributed by atoms with Crippen molar-refractivity contribution in [2.45, 2.75) is 6.92 Å². The van der Waals surface area contributed by atoms with E-state index in [4.69, 9.17) is 27.2 Å². The summed E-state index contributed by atoms with van der Waals surface area (Å²) >= 11 is 5.86. The molecule has 0 radical (unpaired) electrons. The molecule has 0 saturated heterocycles. The number of anilines is 1. The zero-order valence-corrected chi connectivity index (χ0v) is 10.9. The summed E-state index contributed by atoms with van der Waals surface area (Å²) in [5.74, 6) is -0.322. The van der Waals surface area contributed by atoms with Crippen molar-refractivity contribution in [2.24, 2.45) is 0 Å². The first-order valence-electron chi connectivity index (χ1n) is 5.54. The zero-order chi connectivity index (χ0) is 14.0. The maximum Gasteiger partial charge on any atom is 0.339 e. The Hall–Kier alpha value is -2.20. The molecule has 0 spiro atoms. The largest absolute Gasteiger partial charge is 0.478 e. The second kappa shape index (κ2) is 5.20. The number of nitrogens with two attached hydrogens (primary N) is 1. The average molecular weight is 278 g/mol. The maximum absolute atomic E-state index is 11.1. The number of nitrogen functional groups attached to an aromatic ring is 1. The fourth-order valence-electron chi connectivity index (χ4n) is 1.65. The van der Waals surface area contributed by atoms with E-state index in [9.17, 15) is 4.79 Å². The fourth-order valence-corrected chi connectivity index (χ4v) is 1.87. The summed E-state index contributed by atoms with van der Waals surface area (Å²) < 4.78 is 5.62. The van der Waals surface area contributed by atoms with E-state index >= 15 is 0 Å². The minimum Gasteiger partial charge on any atom is -0.478 e. The van der Waals surface area contributed by atoms with Crippen molar-refractivity contribution in [3.05, 3.63) is 52.5 Å². The number of hydrogen-bond donors (Lipinski definition) is 2. The molecule has 0 atom stereocenters. The molecule has 3 N–H and O–H groups in total. The van der Waals surface area contributed by atoms with Crippen LogP contribution in [0.3, 0.4) is 0 Å². The van der Waals surface area contributed by atoms with Gasteiger partial charge in [-0.1, -0.05) is 11.6 Å². The Morgan fingerprint density at radius 1 is 1.21 bits per heavy atom. The molecule has 0 heterocycles. The molecule has 0 bridgehead atoms. The SMILES string of the molecule is Cc1cc(Cl)ccc1Oc1cc(N)ccc1C(=O)O. The first-order chi connectivity index (χ1) is 8.97. The lowest BCUT2D eigenvalue weighted by Crippen LogP contribution is -2.01. The lowest BCUT2D eigenvalue weighted by Gasteiger charge is -2.11. The Morgan fingerprint density at radius 3 is 2.58 bits per heavy atom. The van der Waals surface area contributed by atoms with Gasteiger partial charge in [0, 0.05) is 16.8 Å². The van der Waals surface area contributed by atoms with Gasteiger partial charge in [0.1, 0.15) is 17.1 Å². The number of halogens is 1. The number of carboxylic acid groups (broad SMARTS) is 1. The van der Waals surface area contributed by atoms with Crippen LogP contribution >= 0.6 is 11.6 Å². The molecule has 2 rings (SSSR count). The molecule has 0 amide bonds. The maximum atomic E-state index is 11.1. The predicted molar refractivity (Wildman–Crippen MR) is 74.1 cm³/mol. The lowest BCUT2D eigenvalue weighted by atomic mass is 10.1. The van der Waals surface area contributed by atoms with E-state index < -0.39 is 5.97 Å². The molecule has 0 aliphatic rings. The highest BCUT2D eigenvalue weighted by Crippen LogP contribution is 2.30. The van der Waals surface area contributed by atoms with Crippen molar-refractivity contribution in [3.63, 3.8) is 0 Å². The van der Waals surface area contributed by atoms with Crippen molar-refractivity contribution in [1.82, 2.24) is 0 Å². The Kier molecular flexibility index (Phi) is 3.62. The molecular formula is C14H12ClNO3. The molecule has 98 valence electrons. The average Bonchev–Trinajstić information content (AvgIpc) is 2.32. The minimum absolute atomic E-state index is 0.0588. The molecule has 2 aromatic rings. The summed E-state index contributed by atoms with van der Waals surface area (Å²) in [5, 5.41) is 9.70. The van der Waals surface area contributed by atoms with Gasteiger partial charge in [-0.05, 0) is 42.8 Å². The Labute approximate surface area is 115 Å². The second-order valence-corrected chi connectivity index (χ2v) is 4.51. The van der Waals surface area contributed by atoms with Gasteiger partial charge in [-0.2, -0.15) is 0 Å². The number of carbonyl (C=O) groups is 1. The van der Waals surface area contributed by atoms with E-state index in [1.54, 1.807) is 18.2 Å². The molecule has 5 heteroatoms. The summed E-state index contributed by atoms with van der Waals surface area (Å²) in [6.07, 6.45) is 0. The number of aromatic carboxylic acids is 1. The van der Waals surface area contributed by atoms with E-state index in [-0.39, 0.29) is 11.3 Å². The number of rotatable bonds is 3. The van der Waals surface area contributed by atoms with E-state index in [2.05, 4.69) is 0 Å². The van der Waals surface area contributed by atoms with Crippen LogP contribution in [0.4, 0.5) is 5.69 Å². The van der Waals surface area contributed by atoms with Crippen LogP contribution in [-0.2, 0) is 0 Å². The molecule has 0 fully saturated rings. The lowest BCUT2D eigenvalue weighted by molar-refractivity contribution is 0.0694. The van der Waals surface area contributed by atoms with E-state index in [0.29, 0.717) is 16.5 Å². The first kappa shape index (κ1) is 13.2. The fraction of sp³-hybridized carbons (Fsp3) is 0.0714. The van der Waals surface area contributed by atoms with Gasteiger partial charge in [0.2, 0.25) is 0 Å². The number of aryl methyl sites for hydroxylation is 1. The highest BCUT2D eigenvalue weighted by molar-refractivity contribution is 6.30. The van der Waals surface area contributed by atoms with Crippen molar-refractivity contribution < 1.29 is 14.6 Å². The third-order valence-electron chi connectivity index (χ3n) is 2.59. The van der Waals surface area contributed by atoms with Crippen LogP contribution in [0.15, 0.2) is 36.4 Å². The number of hydrogen-bond acceptors (Lipinski definition) is 3. The van der Waals surface area contributed by atoms with Gasteiger partial charge >= 0.3 is 5.97 Å². The predicted octanol–water partition coefficient (Wildman–Crippen LogP) is 3.72. The van der Waals surface area contributed by atoms with Crippen molar-refractivity contribution in [1.29, 1.82) is 0 Å². The summed E-state index contributed by atoms with van der Waals surface area (Å²) in [6.45, 7) is 1.83. The molecule has 2 aromatic carbocycles. The molecule has 0 unspecified atom stereocenters. The quantitative estimate of drug-likeness (QED) is 0.839. The zero-order valence-electron chi connectivity index (χ0n) is 10.2. The van der Waals surface area contributed by atoms with Gasteiger partial charge in [-0.15, -0.1) is 0 Å². The first-order valence-corrected chi connectivity index (χ1v) is 5.92. The molecule has 4 nitrogen and oxygen atoms in total. The summed E-state index contributed by atoms with van der Waals surface area (Å²) in [6, 6.07) is 9.52. The highest BCUT2D eigenvalue weighted by atomic mass is 35.5. The van der Waals surface area contributed by atoms with Gasteiger partial charge < -0.3 is 15.6 Å². The van der Waals surface area contributed by atoms with Crippen LogP contribution in [0.2, 0.25) is 5.02 Å². The van der Waals surface area contributed by atoms with Gasteiger partial charge in [-0.3, -0.25) is 0 Å². The normalized spacial score (nSPS) is 10.2. The van der Waals surface area contributed by atoms with Crippen LogP contribution in [-0.4, -0.2) is 11.1 Å². The Bertz CT molecular complexity index is 641. The molecule has 0 saturated carbocycles. The molecule has 0 aliphatic carbocycles. The van der Waals surface area contributed by atoms with E-state index in [0.717, 1.165) is 5.56 Å². The van der Waals surface area contributed by atoms with Crippen LogP contribution in [0.5, 0.6) is 11.5 Å². The van der Waals surface area contributed by atoms with Crippen LogP contribution < -0.4 is 10.5 Å². The summed E-state index contributed by atoms with van der Waals surface area (Å²) in [7, 11) is 0. The number of benzene rings is 2. The summed E-state index contributed by atoms with van der Waals surface area (Å²) in [4.78, 5) is 11.1. The third-order valence-corrected chi connectivity index (χ3v) is 2.83. The Morgan fingerprint density at radius 2 is 1.95 bits per heavy atom. The van der Waals surface area contributed by atoms with Gasteiger partial charge in [0.05, 0.1) is 0 Å². The monoisotopic (exact) mass is 277 g/mol. The van der Waals surface area contributed by atoms with Gasteiger partial charge in [-0.25, -0.2) is 4.79 Å². The second-order valence-electron chi connectivity index (χ2n) is 4.07. The number of ether oxygens (including phenoxy) is 1. The van der Waals surface area contributed by atoms with Crippen LogP contribution in [0.1, 0.15) is 15.9 Å². The topological polar surface area (TPSA) is 72.5 Å². The van der Waals surface area contributed by atoms with Crippen molar-refractivity contribution in [3.8, 4) is 11.5 Å². The molecule has 0 aliphatic heterocycles. The van der Waals surface area contributed by atoms with Crippen molar-refractivity contribution in [2.75, 3.05) is 5.73 Å². The Balaban J connectivity index is 2.42. The van der Waals surface area contributed by atoms with Crippen molar-refractivity contribution >= 4 is 23.3 Å². The van der Waals surface area contributed by atoms with Gasteiger partial charge in [0.15, 0.2) is 0 Å². The van der Waals surface area contributed by atoms with E-state index in [1.165, 1.54) is 18.2 Å². The van der Waals surface area contributed by atoms with Gasteiger partial charge in [0.25, 0.3) is 0 Å². The molecular weight excluding hydrogens is 266 g/mol. The van der Waals surface area contributed by atoms with Crippen LogP contribution in [0, 0.1) is 6.92 Å². The van der Waals surface area contributed by atoms with Crippen LogP contribution in [0.25, 0.3) is 0 Å². The minimum atomic E-state index is -1.07. The third kappa shape index (κ3) is 2.98.